The minimum atomic E-state index is -0.567. The van der Waals surface area contributed by atoms with Gasteiger partial charge in [0.1, 0.15) is 5.82 Å². The summed E-state index contributed by atoms with van der Waals surface area (Å²) in [6.07, 6.45) is 1.90. The van der Waals surface area contributed by atoms with Crippen molar-refractivity contribution in [1.29, 1.82) is 0 Å². The largest absolute Gasteiger partial charge is 0.493 e. The third-order valence-electron chi connectivity index (χ3n) is 16.6. The molecule has 6 heteroatoms. The molecule has 13 rings (SSSR count). The second-order valence-corrected chi connectivity index (χ2v) is 26.8. The number of nitrogens with zero attached hydrogens (tertiary/aromatic N) is 5. The van der Waals surface area contributed by atoms with Crippen LogP contribution in [-0.4, -0.2) is 4.98 Å². The van der Waals surface area contributed by atoms with Gasteiger partial charge in [-0.25, -0.2) is 4.98 Å². The molecular weight excluding hydrogens is 1250 g/mol. The van der Waals surface area contributed by atoms with Crippen molar-refractivity contribution < 1.29 is 34.8 Å². The third-order valence-corrected chi connectivity index (χ3v) is 16.6. The summed E-state index contributed by atoms with van der Waals surface area (Å²) in [6, 6.07) is 60.9. The Hall–Kier alpha value is -8.76. The van der Waals surface area contributed by atoms with Crippen LogP contribution >= 0.6 is 0 Å². The summed E-state index contributed by atoms with van der Waals surface area (Å²) < 4.78 is 89.6. The van der Waals surface area contributed by atoms with Crippen LogP contribution in [0.3, 0.4) is 0 Å². The molecule has 1 aromatic heterocycles. The first kappa shape index (κ1) is 48.3. The number of anilines is 10. The molecule has 0 saturated carbocycles. The fraction of sp³-hybridized carbons (Fsp3) is 0.195. The maximum Gasteiger partial charge on any atom is 0.135 e. The molecule has 0 radical (unpaired) electrons. The molecule has 0 aliphatic carbocycles. The van der Waals surface area contributed by atoms with Crippen LogP contribution in [0, 0.1) is 18.8 Å². The topological polar surface area (TPSA) is 25.9 Å². The average molecular weight is 1340 g/mol. The van der Waals surface area contributed by atoms with Crippen LogP contribution in [-0.2, 0) is 42.7 Å². The molecule has 0 atom stereocenters. The quantitative estimate of drug-likeness (QED) is 0.134. The van der Waals surface area contributed by atoms with Gasteiger partial charge >= 0.3 is 0 Å². The van der Waals surface area contributed by atoms with Gasteiger partial charge in [-0.05, 0) is 115 Å². The Morgan fingerprint density at radius 1 is 0.409 bits per heavy atom. The molecule has 0 spiro atoms. The average Bonchev–Trinajstić information content (AvgIpc) is 1.44. The molecule has 3 heterocycles. The first-order valence-corrected chi connectivity index (χ1v) is 29.8. The fourth-order valence-corrected chi connectivity index (χ4v) is 11.8. The van der Waals surface area contributed by atoms with Gasteiger partial charge in [0.15, 0.2) is 0 Å². The monoisotopic (exact) mass is 1340 g/mol. The number of aromatic nitrogens is 1. The Kier molecular flexibility index (Phi) is 12.7. The smallest absolute Gasteiger partial charge is 0.135 e. The molecule has 0 N–H and O–H groups in total. The van der Waals surface area contributed by atoms with Crippen LogP contribution in [0.5, 0.6) is 0 Å². The zero-order chi connectivity index (χ0) is 69.3. The van der Waals surface area contributed by atoms with Gasteiger partial charge in [-0.15, -0.1) is 53.8 Å². The van der Waals surface area contributed by atoms with Crippen molar-refractivity contribution in [3.05, 3.63) is 278 Å². The van der Waals surface area contributed by atoms with Gasteiger partial charge in [-0.2, -0.15) is 6.07 Å². The van der Waals surface area contributed by atoms with E-state index >= 15 is 0 Å². The molecular formula is C82H76N5Pt-3. The second-order valence-electron chi connectivity index (χ2n) is 26.8. The van der Waals surface area contributed by atoms with Gasteiger partial charge in [0.25, 0.3) is 0 Å². The van der Waals surface area contributed by atoms with Crippen molar-refractivity contribution in [1.82, 2.24) is 4.98 Å². The van der Waals surface area contributed by atoms with E-state index in [1.54, 1.807) is 18.2 Å². The fourth-order valence-electron chi connectivity index (χ4n) is 11.8. The Labute approximate surface area is 551 Å². The predicted octanol–water partition coefficient (Wildman–Crippen LogP) is 22.9. The Bertz CT molecular complexity index is 4830. The summed E-state index contributed by atoms with van der Waals surface area (Å²) >= 11 is 0. The molecule has 88 heavy (non-hydrogen) atoms. The molecule has 2 aliphatic heterocycles. The van der Waals surface area contributed by atoms with E-state index in [1.165, 1.54) is 11.1 Å². The van der Waals surface area contributed by atoms with Gasteiger partial charge in [-0.3, -0.25) is 0 Å². The molecule has 442 valence electrons. The Morgan fingerprint density at radius 3 is 1.56 bits per heavy atom. The predicted molar refractivity (Wildman–Crippen MR) is 368 cm³/mol. The van der Waals surface area contributed by atoms with Crippen molar-refractivity contribution in [2.45, 2.75) is 105 Å². The van der Waals surface area contributed by atoms with Gasteiger partial charge in [-0.1, -0.05) is 263 Å². The molecule has 0 saturated heterocycles. The normalized spacial score (nSPS) is 14.6. The zero-order valence-corrected chi connectivity index (χ0v) is 54.1. The SMILES string of the molecule is [2H]c1c([2H])c([2H])c(-c2cccc(-c3c([2H])c([2H])c([2H])c([2H])c3[2H])c2N2[CH-]N(c3[c-]c(N(c4[c-]c5c(cc4)-c4ccccc4-c4cc(-c6cc(C(C)(C)C)cc(C(C)(C)C)c6)ccc4N5c4cc(C(C)(C)C)ccn4)c4ccccc4)cc(C(C)(C)C)c3)c3ccccc32)c([2H])c1[2H].[Pt]. The van der Waals surface area contributed by atoms with Crippen LogP contribution in [0.15, 0.2) is 236 Å². The Balaban J connectivity index is 0.00000914. The number of rotatable bonds is 9. The van der Waals surface area contributed by atoms with E-state index in [-0.39, 0.29) is 65.3 Å². The van der Waals surface area contributed by atoms with E-state index in [0.29, 0.717) is 28.4 Å². The number of fused-ring (bicyclic) bond motifs is 6. The van der Waals surface area contributed by atoms with Crippen LogP contribution in [0.4, 0.5) is 57.0 Å². The minimum Gasteiger partial charge on any atom is -0.493 e. The molecule has 0 fully saturated rings. The molecule has 0 bridgehead atoms. The van der Waals surface area contributed by atoms with E-state index in [2.05, 4.69) is 214 Å². The molecule has 5 nitrogen and oxygen atoms in total. The zero-order valence-electron chi connectivity index (χ0n) is 61.9. The van der Waals surface area contributed by atoms with Crippen LogP contribution in [0.2, 0.25) is 0 Å². The Morgan fingerprint density at radius 2 is 0.955 bits per heavy atom. The molecule has 11 aromatic rings. The number of para-hydroxylation sites is 4. The number of hydrogen-bond acceptors (Lipinski definition) is 5. The van der Waals surface area contributed by atoms with Crippen molar-refractivity contribution >= 4 is 57.0 Å². The first-order chi connectivity index (χ1) is 45.8. The summed E-state index contributed by atoms with van der Waals surface area (Å²) in [7, 11) is 0. The number of benzene rings is 10. The maximum atomic E-state index is 9.31. The minimum absolute atomic E-state index is 0. The second kappa shape index (κ2) is 23.1. The first-order valence-electron chi connectivity index (χ1n) is 34.8. The van der Waals surface area contributed by atoms with Gasteiger partial charge in [0, 0.05) is 66.7 Å². The standard InChI is InChI=1S/C82H76N5.Pt/c1-79(2,3)59-43-44-83-77(51-59)87-73-42-39-57(58-45-60(80(4,5)6)48-61(46-58)81(7,8)9)47-72(73)70-34-23-22-33-69(70)71-41-40-64(53-76(71)87)86(63-31-20-15-21-32-63)66-50-62(82(10,11)12)49-65(52-66)84-54-85(75-38-25-24-37-74(75)84)78-67(55-27-16-13-17-28-55)35-26-36-68(78)56-29-18-14-19-30-56;/h13-51,54H,1-12H3;/q-3;/i13D,14D,16D,17D,18D,19D,27D,28D,29D,30D;. The van der Waals surface area contributed by atoms with Crippen LogP contribution in [0.1, 0.15) is 119 Å². The number of hydrogen-bond donors (Lipinski definition) is 0. The van der Waals surface area contributed by atoms with Crippen LogP contribution < -0.4 is 19.6 Å². The van der Waals surface area contributed by atoms with Gasteiger partial charge in [0.05, 0.1) is 19.4 Å². The molecule has 0 amide bonds. The maximum absolute atomic E-state index is 9.31. The summed E-state index contributed by atoms with van der Waals surface area (Å²) in [6.45, 7) is 28.6. The van der Waals surface area contributed by atoms with E-state index in [1.807, 2.05) is 65.1 Å². The summed E-state index contributed by atoms with van der Waals surface area (Å²) in [5, 5.41) is 0. The van der Waals surface area contributed by atoms with Gasteiger partial charge in [0.2, 0.25) is 0 Å². The molecule has 2 aliphatic rings. The molecule has 10 aromatic carbocycles. The van der Waals surface area contributed by atoms with E-state index in [4.69, 9.17) is 13.2 Å². The van der Waals surface area contributed by atoms with Crippen molar-refractivity contribution in [3.63, 3.8) is 0 Å². The van der Waals surface area contributed by atoms with Crippen LogP contribution in [0.25, 0.3) is 55.6 Å². The van der Waals surface area contributed by atoms with E-state index in [9.17, 15) is 5.48 Å². The third kappa shape index (κ3) is 11.3. The summed E-state index contributed by atoms with van der Waals surface area (Å²) in [4.78, 5) is 13.5. The number of pyridine rings is 1. The summed E-state index contributed by atoms with van der Waals surface area (Å²) in [5.41, 5.74) is 16.3. The van der Waals surface area contributed by atoms with E-state index in [0.717, 1.165) is 67.4 Å². The van der Waals surface area contributed by atoms with Gasteiger partial charge < -0.3 is 19.6 Å². The summed E-state index contributed by atoms with van der Waals surface area (Å²) in [5.74, 6) is 0.735. The van der Waals surface area contributed by atoms with Crippen molar-refractivity contribution in [2.75, 3.05) is 19.6 Å². The molecule has 0 unspecified atom stereocenters. The van der Waals surface area contributed by atoms with Crippen molar-refractivity contribution in [2.24, 2.45) is 0 Å². The van der Waals surface area contributed by atoms with E-state index < -0.39 is 65.8 Å². The van der Waals surface area contributed by atoms with Crippen molar-refractivity contribution in [3.8, 4) is 55.6 Å².